The third-order valence-corrected chi connectivity index (χ3v) is 4.82. The van der Waals surface area contributed by atoms with Crippen molar-refractivity contribution >= 4 is 29.9 Å². The van der Waals surface area contributed by atoms with E-state index < -0.39 is 0 Å². The third kappa shape index (κ3) is 5.93. The van der Waals surface area contributed by atoms with Crippen LogP contribution >= 0.6 is 24.0 Å². The summed E-state index contributed by atoms with van der Waals surface area (Å²) < 4.78 is 15.8. The van der Waals surface area contributed by atoms with Crippen molar-refractivity contribution in [3.8, 4) is 0 Å². The summed E-state index contributed by atoms with van der Waals surface area (Å²) in [6, 6.07) is 5.29. The van der Waals surface area contributed by atoms with E-state index in [2.05, 4.69) is 29.6 Å². The van der Waals surface area contributed by atoms with E-state index in [1.54, 1.807) is 13.0 Å². The lowest BCUT2D eigenvalue weighted by molar-refractivity contribution is 0.607. The zero-order chi connectivity index (χ0) is 20.0. The van der Waals surface area contributed by atoms with E-state index in [1.165, 1.54) is 11.3 Å². The van der Waals surface area contributed by atoms with E-state index in [0.29, 0.717) is 12.1 Å². The average Bonchev–Trinajstić information content (AvgIpc) is 2.96. The van der Waals surface area contributed by atoms with Crippen LogP contribution in [0.15, 0.2) is 23.2 Å². The van der Waals surface area contributed by atoms with Crippen LogP contribution in [-0.2, 0) is 26.4 Å². The number of guanidine groups is 1. The first-order chi connectivity index (χ1) is 12.9. The van der Waals surface area contributed by atoms with Crippen molar-refractivity contribution in [1.29, 1.82) is 0 Å². The number of hydrogen-bond donors (Lipinski definition) is 2. The molecular formula is C21H33FIN5. The van der Waals surface area contributed by atoms with Crippen LogP contribution in [0.4, 0.5) is 4.39 Å². The number of nitrogens with zero attached hydrogens (tertiary/aromatic N) is 3. The van der Waals surface area contributed by atoms with Crippen LogP contribution in [0.1, 0.15) is 61.8 Å². The number of nitrogens with one attached hydrogen (secondary N) is 2. The first kappa shape index (κ1) is 24.4. The van der Waals surface area contributed by atoms with Gasteiger partial charge < -0.3 is 10.6 Å². The van der Waals surface area contributed by atoms with Gasteiger partial charge in [0.25, 0.3) is 0 Å². The van der Waals surface area contributed by atoms with Crippen LogP contribution in [0.2, 0.25) is 0 Å². The summed E-state index contributed by atoms with van der Waals surface area (Å²) in [6.45, 7) is 11.4. The number of benzene rings is 1. The molecule has 0 aliphatic heterocycles. The number of aryl methyl sites for hydroxylation is 3. The molecule has 0 amide bonds. The topological polar surface area (TPSA) is 54.2 Å². The molecule has 7 heteroatoms. The molecule has 0 saturated carbocycles. The maximum absolute atomic E-state index is 13.9. The van der Waals surface area contributed by atoms with Crippen LogP contribution < -0.4 is 10.6 Å². The summed E-state index contributed by atoms with van der Waals surface area (Å²) in [4.78, 5) is 4.77. The Hall–Kier alpha value is -1.64. The van der Waals surface area contributed by atoms with Gasteiger partial charge in [0, 0.05) is 24.8 Å². The Labute approximate surface area is 185 Å². The van der Waals surface area contributed by atoms with E-state index in [4.69, 9.17) is 4.99 Å². The van der Waals surface area contributed by atoms with Gasteiger partial charge in [-0.3, -0.25) is 4.68 Å². The molecule has 0 radical (unpaired) electrons. The Morgan fingerprint density at radius 1 is 1.25 bits per heavy atom. The van der Waals surface area contributed by atoms with Crippen molar-refractivity contribution in [2.75, 3.05) is 6.54 Å². The zero-order valence-corrected chi connectivity index (χ0v) is 20.1. The lowest BCUT2D eigenvalue weighted by atomic mass is 10.1. The Balaban J connectivity index is 0.00000392. The van der Waals surface area contributed by atoms with Crippen molar-refractivity contribution in [3.05, 3.63) is 52.1 Å². The normalized spacial score (nSPS) is 12.5. The number of hydrogen-bond acceptors (Lipinski definition) is 2. The van der Waals surface area contributed by atoms with Crippen molar-refractivity contribution < 1.29 is 4.39 Å². The molecule has 2 rings (SSSR count). The highest BCUT2D eigenvalue weighted by atomic mass is 127. The van der Waals surface area contributed by atoms with Crippen LogP contribution in [0, 0.1) is 12.7 Å². The molecule has 0 aliphatic rings. The van der Waals surface area contributed by atoms with E-state index in [0.717, 1.165) is 36.6 Å². The van der Waals surface area contributed by atoms with Gasteiger partial charge in [0.1, 0.15) is 5.82 Å². The van der Waals surface area contributed by atoms with Crippen LogP contribution in [-0.4, -0.2) is 22.3 Å². The molecule has 5 nitrogen and oxygen atoms in total. The van der Waals surface area contributed by atoms with Crippen LogP contribution in [0.5, 0.6) is 0 Å². The molecule has 1 aromatic heterocycles. The minimum absolute atomic E-state index is 0. The Bertz CT molecular complexity index is 800. The van der Waals surface area contributed by atoms with E-state index in [-0.39, 0.29) is 35.8 Å². The summed E-state index contributed by atoms with van der Waals surface area (Å²) in [5.41, 5.74) is 5.08. The molecule has 2 N–H and O–H groups in total. The lowest BCUT2D eigenvalue weighted by Crippen LogP contribution is -2.38. The zero-order valence-electron chi connectivity index (χ0n) is 17.8. The number of aromatic nitrogens is 2. The molecule has 2 aromatic rings. The number of halogens is 2. The highest BCUT2D eigenvalue weighted by molar-refractivity contribution is 14.0. The molecule has 1 atom stereocenters. The maximum Gasteiger partial charge on any atom is 0.192 e. The molecular weight excluding hydrogens is 468 g/mol. The standard InChI is InChI=1S/C21H32FN5.HI/c1-7-19-17(20(8-2)27(6)26-19)13-24-21(23-9-3)25-15(5)16-11-10-14(4)18(22)12-16;/h10-12,15H,7-9,13H2,1-6H3,(H2,23,24,25);1H. The smallest absolute Gasteiger partial charge is 0.192 e. The van der Waals surface area contributed by atoms with Gasteiger partial charge in [-0.1, -0.05) is 26.0 Å². The molecule has 0 fully saturated rings. The van der Waals surface area contributed by atoms with E-state index in [9.17, 15) is 4.39 Å². The monoisotopic (exact) mass is 501 g/mol. The second-order valence-electron chi connectivity index (χ2n) is 6.77. The van der Waals surface area contributed by atoms with Crippen LogP contribution in [0.3, 0.4) is 0 Å². The second-order valence-corrected chi connectivity index (χ2v) is 6.77. The Morgan fingerprint density at radius 2 is 1.96 bits per heavy atom. The Morgan fingerprint density at radius 3 is 2.54 bits per heavy atom. The fourth-order valence-corrected chi connectivity index (χ4v) is 3.22. The highest BCUT2D eigenvalue weighted by Crippen LogP contribution is 2.18. The summed E-state index contributed by atoms with van der Waals surface area (Å²) in [7, 11) is 1.99. The first-order valence-electron chi connectivity index (χ1n) is 9.75. The molecule has 156 valence electrons. The Kier molecular flexibility index (Phi) is 9.92. The van der Waals surface area contributed by atoms with Gasteiger partial charge in [-0.2, -0.15) is 5.10 Å². The molecule has 0 aliphatic carbocycles. The fraction of sp³-hybridized carbons (Fsp3) is 0.524. The molecule has 1 unspecified atom stereocenters. The molecule has 0 spiro atoms. The van der Waals surface area contributed by atoms with Gasteiger partial charge in [-0.05, 0) is 50.8 Å². The minimum atomic E-state index is -0.182. The predicted molar refractivity (Wildman–Crippen MR) is 125 cm³/mol. The third-order valence-electron chi connectivity index (χ3n) is 4.82. The average molecular weight is 501 g/mol. The maximum atomic E-state index is 13.9. The molecule has 0 saturated heterocycles. The van der Waals surface area contributed by atoms with Gasteiger partial charge in [-0.25, -0.2) is 9.38 Å². The largest absolute Gasteiger partial charge is 0.357 e. The quantitative estimate of drug-likeness (QED) is 0.336. The van der Waals surface area contributed by atoms with Gasteiger partial charge in [0.2, 0.25) is 0 Å². The molecule has 0 bridgehead atoms. The van der Waals surface area contributed by atoms with E-state index >= 15 is 0 Å². The van der Waals surface area contributed by atoms with Gasteiger partial charge >= 0.3 is 0 Å². The number of aliphatic imine (C=N–C) groups is 1. The van der Waals surface area contributed by atoms with Crippen molar-refractivity contribution in [3.63, 3.8) is 0 Å². The van der Waals surface area contributed by atoms with Gasteiger partial charge in [0.05, 0.1) is 18.3 Å². The fourth-order valence-electron chi connectivity index (χ4n) is 3.22. The van der Waals surface area contributed by atoms with Gasteiger partial charge in [-0.15, -0.1) is 24.0 Å². The highest BCUT2D eigenvalue weighted by Gasteiger charge is 2.14. The first-order valence-corrected chi connectivity index (χ1v) is 9.75. The summed E-state index contributed by atoms with van der Waals surface area (Å²) in [5.74, 6) is 0.539. The van der Waals surface area contributed by atoms with Crippen molar-refractivity contribution in [2.24, 2.45) is 12.0 Å². The van der Waals surface area contributed by atoms with Crippen molar-refractivity contribution in [2.45, 2.75) is 60.0 Å². The van der Waals surface area contributed by atoms with Crippen LogP contribution in [0.25, 0.3) is 0 Å². The predicted octanol–water partition coefficient (Wildman–Crippen LogP) is 4.43. The SMILES string of the molecule is CCNC(=NCc1c(CC)nn(C)c1CC)NC(C)c1ccc(C)c(F)c1.I. The lowest BCUT2D eigenvalue weighted by Gasteiger charge is -2.18. The van der Waals surface area contributed by atoms with E-state index in [1.807, 2.05) is 37.7 Å². The molecule has 1 aromatic carbocycles. The molecule has 28 heavy (non-hydrogen) atoms. The van der Waals surface area contributed by atoms with Crippen molar-refractivity contribution in [1.82, 2.24) is 20.4 Å². The number of rotatable bonds is 7. The second kappa shape index (κ2) is 11.4. The minimum Gasteiger partial charge on any atom is -0.357 e. The molecule has 1 heterocycles. The summed E-state index contributed by atoms with van der Waals surface area (Å²) >= 11 is 0. The summed E-state index contributed by atoms with van der Waals surface area (Å²) in [5, 5.41) is 11.3. The van der Waals surface area contributed by atoms with Gasteiger partial charge in [0.15, 0.2) is 5.96 Å². The summed E-state index contributed by atoms with van der Waals surface area (Å²) in [6.07, 6.45) is 1.82.